The third-order valence-electron chi connectivity index (χ3n) is 2.27. The first kappa shape index (κ1) is 16.3. The number of hydrogen-bond acceptors (Lipinski definition) is 3. The quantitative estimate of drug-likeness (QED) is 0.602. The summed E-state index contributed by atoms with van der Waals surface area (Å²) in [7, 11) is -3.43. The SMILES string of the molecule is C=CCC(O)c1ccc(C(F)(F)O[P+](=O)O)c(Br)c1. The van der Waals surface area contributed by atoms with Crippen molar-refractivity contribution < 1.29 is 27.9 Å². The lowest BCUT2D eigenvalue weighted by molar-refractivity contribution is -0.186. The molecule has 0 aliphatic heterocycles. The molecule has 0 aliphatic carbocycles. The van der Waals surface area contributed by atoms with Gasteiger partial charge in [-0.3, -0.25) is 0 Å². The van der Waals surface area contributed by atoms with Gasteiger partial charge < -0.3 is 5.11 Å². The van der Waals surface area contributed by atoms with Crippen LogP contribution in [0.3, 0.4) is 0 Å². The molecule has 0 saturated heterocycles. The lowest BCUT2D eigenvalue weighted by Crippen LogP contribution is -2.15. The van der Waals surface area contributed by atoms with Crippen molar-refractivity contribution in [3.05, 3.63) is 46.5 Å². The van der Waals surface area contributed by atoms with E-state index in [0.717, 1.165) is 6.07 Å². The summed E-state index contributed by atoms with van der Waals surface area (Å²) in [5.41, 5.74) is -0.181. The van der Waals surface area contributed by atoms with Crippen molar-refractivity contribution >= 4 is 24.2 Å². The Bertz CT molecular complexity index is 496. The Morgan fingerprint density at radius 1 is 1.58 bits per heavy atom. The molecule has 0 heterocycles. The van der Waals surface area contributed by atoms with Gasteiger partial charge >= 0.3 is 14.4 Å². The molecule has 0 spiro atoms. The Hall–Kier alpha value is -0.720. The van der Waals surface area contributed by atoms with E-state index in [9.17, 15) is 18.5 Å². The summed E-state index contributed by atoms with van der Waals surface area (Å²) in [6.07, 6.45) is -2.98. The number of benzene rings is 1. The maximum Gasteiger partial charge on any atom is 0.701 e. The van der Waals surface area contributed by atoms with Crippen LogP contribution in [0.2, 0.25) is 0 Å². The van der Waals surface area contributed by atoms with E-state index in [0.29, 0.717) is 5.56 Å². The lowest BCUT2D eigenvalue weighted by Gasteiger charge is -2.14. The van der Waals surface area contributed by atoms with Crippen LogP contribution < -0.4 is 0 Å². The lowest BCUT2D eigenvalue weighted by atomic mass is 10.0. The van der Waals surface area contributed by atoms with E-state index in [4.69, 9.17) is 4.89 Å². The van der Waals surface area contributed by atoms with Gasteiger partial charge in [0.15, 0.2) is 0 Å². The first-order chi connectivity index (χ1) is 8.77. The van der Waals surface area contributed by atoms with Gasteiger partial charge in [-0.25, -0.2) is 0 Å². The molecule has 104 valence electrons. The topological polar surface area (TPSA) is 66.8 Å². The summed E-state index contributed by atoms with van der Waals surface area (Å²) in [6, 6.07) is 3.60. The predicted molar refractivity (Wildman–Crippen MR) is 68.7 cm³/mol. The molecule has 0 bridgehead atoms. The summed E-state index contributed by atoms with van der Waals surface area (Å²) < 4.78 is 40.9. The van der Waals surface area contributed by atoms with Crippen molar-refractivity contribution in [3.63, 3.8) is 0 Å². The Kier molecular flexibility index (Phi) is 5.70. The van der Waals surface area contributed by atoms with Gasteiger partial charge in [-0.05, 0) is 28.6 Å². The summed E-state index contributed by atoms with van der Waals surface area (Å²) in [5, 5.41) is 9.69. The fraction of sp³-hybridized carbons (Fsp3) is 0.273. The molecule has 2 unspecified atom stereocenters. The molecule has 0 radical (unpaired) electrons. The maximum atomic E-state index is 13.5. The second kappa shape index (κ2) is 6.63. The van der Waals surface area contributed by atoms with E-state index in [2.05, 4.69) is 27.0 Å². The molecule has 1 aromatic carbocycles. The van der Waals surface area contributed by atoms with Gasteiger partial charge in [0.2, 0.25) is 0 Å². The molecule has 0 aromatic heterocycles. The average Bonchev–Trinajstić information content (AvgIpc) is 2.26. The molecule has 8 heteroatoms. The second-order valence-corrected chi connectivity index (χ2v) is 5.14. The van der Waals surface area contributed by atoms with Crippen LogP contribution in [0.25, 0.3) is 0 Å². The molecule has 1 aromatic rings. The number of halogens is 3. The number of aliphatic hydroxyl groups excluding tert-OH is 1. The largest absolute Gasteiger partial charge is 0.701 e. The van der Waals surface area contributed by atoms with Gasteiger partial charge in [-0.2, -0.15) is 8.78 Å². The van der Waals surface area contributed by atoms with E-state index >= 15 is 0 Å². The van der Waals surface area contributed by atoms with Crippen molar-refractivity contribution in [1.82, 2.24) is 0 Å². The van der Waals surface area contributed by atoms with E-state index in [-0.39, 0.29) is 10.9 Å². The highest BCUT2D eigenvalue weighted by molar-refractivity contribution is 9.10. The van der Waals surface area contributed by atoms with Crippen LogP contribution in [-0.2, 0) is 15.2 Å². The molecule has 0 fully saturated rings. The van der Waals surface area contributed by atoms with Gasteiger partial charge in [0.05, 0.1) is 11.7 Å². The van der Waals surface area contributed by atoms with Crippen molar-refractivity contribution in [2.45, 2.75) is 18.6 Å². The van der Waals surface area contributed by atoms with Crippen LogP contribution >= 0.6 is 24.2 Å². The summed E-state index contributed by atoms with van der Waals surface area (Å²) in [5.74, 6) is 0. The summed E-state index contributed by atoms with van der Waals surface area (Å²) in [6.45, 7) is 3.47. The number of rotatable bonds is 6. The van der Waals surface area contributed by atoms with Gasteiger partial charge in [0.25, 0.3) is 0 Å². The monoisotopic (exact) mass is 355 g/mol. The van der Waals surface area contributed by atoms with E-state index < -0.39 is 26.0 Å². The maximum absolute atomic E-state index is 13.5. The zero-order chi connectivity index (χ0) is 14.6. The van der Waals surface area contributed by atoms with E-state index in [1.165, 1.54) is 18.2 Å². The van der Waals surface area contributed by atoms with Crippen molar-refractivity contribution in [3.8, 4) is 0 Å². The standard InChI is InChI=1S/C11H10BrF2O4P/c1-2-3-10(15)7-4-5-8(9(12)6-7)11(13,14)18-19(16)17/h2,4-6,10,15H,1,3H2/p+1. The third kappa shape index (κ3) is 4.40. The minimum atomic E-state index is -3.90. The molecule has 0 aliphatic rings. The molecular formula is C11H11BrF2O4P+. The van der Waals surface area contributed by atoms with Gasteiger partial charge in [0.1, 0.15) is 0 Å². The van der Waals surface area contributed by atoms with Crippen LogP contribution in [0.4, 0.5) is 8.78 Å². The summed E-state index contributed by atoms with van der Waals surface area (Å²) in [4.78, 5) is 8.39. The Morgan fingerprint density at radius 2 is 2.21 bits per heavy atom. The second-order valence-electron chi connectivity index (χ2n) is 3.63. The zero-order valence-electron chi connectivity index (χ0n) is 9.59. The highest BCUT2D eigenvalue weighted by Crippen LogP contribution is 2.41. The van der Waals surface area contributed by atoms with Crippen molar-refractivity contribution in [1.29, 1.82) is 0 Å². The highest BCUT2D eigenvalue weighted by atomic mass is 79.9. The molecule has 0 saturated carbocycles. The third-order valence-corrected chi connectivity index (χ3v) is 3.32. The Balaban J connectivity index is 3.06. The van der Waals surface area contributed by atoms with Crippen LogP contribution in [0.1, 0.15) is 23.7 Å². The van der Waals surface area contributed by atoms with Gasteiger partial charge in [-0.15, -0.1) is 11.5 Å². The molecule has 1 rings (SSSR count). The highest BCUT2D eigenvalue weighted by Gasteiger charge is 2.44. The van der Waals surface area contributed by atoms with E-state index in [1.54, 1.807) is 0 Å². The molecule has 2 atom stereocenters. The number of hydrogen-bond donors (Lipinski definition) is 2. The number of alkyl halides is 2. The smallest absolute Gasteiger partial charge is 0.388 e. The van der Waals surface area contributed by atoms with E-state index in [1.807, 2.05) is 0 Å². The van der Waals surface area contributed by atoms with Crippen LogP contribution in [0.15, 0.2) is 35.3 Å². The minimum Gasteiger partial charge on any atom is -0.388 e. The zero-order valence-corrected chi connectivity index (χ0v) is 12.1. The minimum absolute atomic E-state index is 0.0324. The van der Waals surface area contributed by atoms with Crippen LogP contribution in [0.5, 0.6) is 0 Å². The average molecular weight is 356 g/mol. The summed E-state index contributed by atoms with van der Waals surface area (Å²) >= 11 is 2.92. The van der Waals surface area contributed by atoms with Crippen LogP contribution in [-0.4, -0.2) is 10.00 Å². The molecule has 0 amide bonds. The first-order valence-electron chi connectivity index (χ1n) is 5.10. The molecular weight excluding hydrogens is 345 g/mol. The number of aliphatic hydroxyl groups is 1. The molecule has 19 heavy (non-hydrogen) atoms. The first-order valence-corrected chi connectivity index (χ1v) is 7.02. The fourth-order valence-electron chi connectivity index (χ4n) is 1.42. The molecule has 2 N–H and O–H groups in total. The van der Waals surface area contributed by atoms with Gasteiger partial charge in [0, 0.05) is 9.04 Å². The fourth-order valence-corrected chi connectivity index (χ4v) is 2.34. The molecule has 4 nitrogen and oxygen atoms in total. The van der Waals surface area contributed by atoms with Gasteiger partial charge in [-0.1, -0.05) is 28.1 Å². The Labute approximate surface area is 117 Å². The normalized spacial score (nSPS) is 14.1. The predicted octanol–water partition coefficient (Wildman–Crippen LogP) is 3.77. The van der Waals surface area contributed by atoms with Crippen LogP contribution in [0, 0.1) is 0 Å². The van der Waals surface area contributed by atoms with Crippen molar-refractivity contribution in [2.24, 2.45) is 0 Å². The van der Waals surface area contributed by atoms with Crippen molar-refractivity contribution in [2.75, 3.05) is 0 Å². The Morgan fingerprint density at radius 3 is 2.68 bits per heavy atom.